The molecular formula is C17H15F2NO3. The normalized spacial score (nSPS) is 17.2. The molecule has 1 aliphatic rings. The van der Waals surface area contributed by atoms with Gasteiger partial charge in [-0.1, -0.05) is 6.07 Å². The van der Waals surface area contributed by atoms with Crippen LogP contribution >= 0.6 is 0 Å². The van der Waals surface area contributed by atoms with Crippen molar-refractivity contribution in [3.05, 3.63) is 53.6 Å². The number of halogens is 2. The highest BCUT2D eigenvalue weighted by atomic mass is 19.2. The molecule has 0 unspecified atom stereocenters. The van der Waals surface area contributed by atoms with Crippen LogP contribution in [0, 0.1) is 11.6 Å². The zero-order chi connectivity index (χ0) is 16.4. The molecule has 0 amide bonds. The number of rotatable bonds is 4. The van der Waals surface area contributed by atoms with E-state index in [0.717, 1.165) is 25.1 Å². The molecule has 0 aromatic heterocycles. The maximum absolute atomic E-state index is 13.5. The van der Waals surface area contributed by atoms with Gasteiger partial charge in [-0.25, -0.2) is 13.6 Å². The van der Waals surface area contributed by atoms with Crippen LogP contribution in [0.5, 0.6) is 5.75 Å². The molecule has 0 bridgehead atoms. The molecule has 23 heavy (non-hydrogen) atoms. The van der Waals surface area contributed by atoms with Crippen molar-refractivity contribution in [2.45, 2.75) is 12.5 Å². The summed E-state index contributed by atoms with van der Waals surface area (Å²) in [6.07, 6.45) is 0.799. The van der Waals surface area contributed by atoms with Crippen molar-refractivity contribution < 1.29 is 23.4 Å². The van der Waals surface area contributed by atoms with Gasteiger partial charge >= 0.3 is 5.97 Å². The van der Waals surface area contributed by atoms with Crippen LogP contribution in [0.2, 0.25) is 0 Å². The first-order valence-corrected chi connectivity index (χ1v) is 7.25. The quantitative estimate of drug-likeness (QED) is 0.909. The molecule has 2 aromatic rings. The van der Waals surface area contributed by atoms with E-state index in [1.165, 1.54) is 18.2 Å². The van der Waals surface area contributed by atoms with Crippen LogP contribution in [0.15, 0.2) is 36.4 Å². The summed E-state index contributed by atoms with van der Waals surface area (Å²) in [6.45, 7) is 1.54. The summed E-state index contributed by atoms with van der Waals surface area (Å²) in [5.74, 6) is -2.58. The third-order valence-electron chi connectivity index (χ3n) is 3.77. The molecule has 0 radical (unpaired) electrons. The summed E-state index contributed by atoms with van der Waals surface area (Å²) in [7, 11) is 0. The molecule has 120 valence electrons. The molecule has 1 saturated heterocycles. The van der Waals surface area contributed by atoms with Gasteiger partial charge < -0.3 is 15.2 Å². The van der Waals surface area contributed by atoms with Gasteiger partial charge in [-0.2, -0.15) is 0 Å². The Kier molecular flexibility index (Phi) is 4.25. The van der Waals surface area contributed by atoms with Gasteiger partial charge in [-0.15, -0.1) is 0 Å². The fourth-order valence-corrected chi connectivity index (χ4v) is 2.56. The van der Waals surface area contributed by atoms with E-state index in [9.17, 15) is 13.6 Å². The van der Waals surface area contributed by atoms with Crippen LogP contribution in [-0.2, 0) is 0 Å². The Morgan fingerprint density at radius 3 is 2.65 bits per heavy atom. The lowest BCUT2D eigenvalue weighted by atomic mass is 10.0. The summed E-state index contributed by atoms with van der Waals surface area (Å²) in [4.78, 5) is 11.2. The maximum atomic E-state index is 13.5. The Hall–Kier alpha value is -2.47. The van der Waals surface area contributed by atoms with Crippen molar-refractivity contribution in [2.75, 3.05) is 13.1 Å². The SMILES string of the molecule is O=C(O)c1ccc(O[C@H]2CCNC2)c(-c2ccc(F)c(F)c2)c1. The van der Waals surface area contributed by atoms with Gasteiger partial charge in [-0.3, -0.25) is 0 Å². The minimum atomic E-state index is -1.09. The third-order valence-corrected chi connectivity index (χ3v) is 3.77. The first-order chi connectivity index (χ1) is 11.0. The lowest BCUT2D eigenvalue weighted by molar-refractivity contribution is 0.0697. The van der Waals surface area contributed by atoms with Crippen LogP contribution in [0.1, 0.15) is 16.8 Å². The van der Waals surface area contributed by atoms with Gasteiger partial charge in [0, 0.05) is 12.1 Å². The van der Waals surface area contributed by atoms with Gasteiger partial charge in [0.1, 0.15) is 11.9 Å². The molecule has 4 nitrogen and oxygen atoms in total. The van der Waals surface area contributed by atoms with E-state index >= 15 is 0 Å². The molecule has 0 saturated carbocycles. The Bertz CT molecular complexity index is 743. The van der Waals surface area contributed by atoms with E-state index in [2.05, 4.69) is 5.32 Å². The first kappa shape index (κ1) is 15.4. The van der Waals surface area contributed by atoms with E-state index in [-0.39, 0.29) is 11.7 Å². The van der Waals surface area contributed by atoms with Gasteiger partial charge in [0.25, 0.3) is 0 Å². The van der Waals surface area contributed by atoms with E-state index < -0.39 is 17.6 Å². The number of hydrogen-bond donors (Lipinski definition) is 2. The zero-order valence-corrected chi connectivity index (χ0v) is 12.2. The molecule has 2 aromatic carbocycles. The Morgan fingerprint density at radius 2 is 2.00 bits per heavy atom. The van der Waals surface area contributed by atoms with Crippen LogP contribution in [0.25, 0.3) is 11.1 Å². The monoisotopic (exact) mass is 319 g/mol. The average Bonchev–Trinajstić information content (AvgIpc) is 3.03. The smallest absolute Gasteiger partial charge is 0.335 e. The Balaban J connectivity index is 2.04. The largest absolute Gasteiger partial charge is 0.488 e. The number of benzene rings is 2. The van der Waals surface area contributed by atoms with Gasteiger partial charge in [0.2, 0.25) is 0 Å². The standard InChI is InChI=1S/C17H15F2NO3/c18-14-3-1-10(8-15(14)19)13-7-11(17(21)22)2-4-16(13)23-12-5-6-20-9-12/h1-4,7-8,12,20H,5-6,9H2,(H,21,22)/t12-/m0/s1. The molecule has 3 rings (SSSR count). The van der Waals surface area contributed by atoms with Crippen molar-refractivity contribution in [3.8, 4) is 16.9 Å². The van der Waals surface area contributed by atoms with Crippen molar-refractivity contribution in [3.63, 3.8) is 0 Å². The second-order valence-electron chi connectivity index (χ2n) is 5.38. The van der Waals surface area contributed by atoms with Crippen LogP contribution in [0.4, 0.5) is 8.78 Å². The van der Waals surface area contributed by atoms with E-state index in [1.807, 2.05) is 0 Å². The fourth-order valence-electron chi connectivity index (χ4n) is 2.56. The van der Waals surface area contributed by atoms with Gasteiger partial charge in [0.15, 0.2) is 11.6 Å². The first-order valence-electron chi connectivity index (χ1n) is 7.25. The van der Waals surface area contributed by atoms with Crippen LogP contribution in [0.3, 0.4) is 0 Å². The number of aromatic carboxylic acids is 1. The lowest BCUT2D eigenvalue weighted by Gasteiger charge is -2.17. The Morgan fingerprint density at radius 1 is 1.17 bits per heavy atom. The predicted molar refractivity (Wildman–Crippen MR) is 80.7 cm³/mol. The number of ether oxygens (including phenoxy) is 1. The number of carbonyl (C=O) groups is 1. The molecule has 0 spiro atoms. The second-order valence-corrected chi connectivity index (χ2v) is 5.38. The average molecular weight is 319 g/mol. The highest BCUT2D eigenvalue weighted by molar-refractivity contribution is 5.90. The molecule has 2 N–H and O–H groups in total. The van der Waals surface area contributed by atoms with E-state index in [1.54, 1.807) is 6.07 Å². The minimum absolute atomic E-state index is 0.0327. The predicted octanol–water partition coefficient (Wildman–Crippen LogP) is 3.07. The lowest BCUT2D eigenvalue weighted by Crippen LogP contribution is -2.20. The number of carboxylic acid groups (broad SMARTS) is 1. The molecule has 6 heteroatoms. The summed E-state index contributed by atoms with van der Waals surface area (Å²) in [6, 6.07) is 7.85. The summed E-state index contributed by atoms with van der Waals surface area (Å²) < 4.78 is 32.6. The zero-order valence-electron chi connectivity index (χ0n) is 12.2. The highest BCUT2D eigenvalue weighted by Crippen LogP contribution is 2.33. The molecule has 0 aliphatic carbocycles. The van der Waals surface area contributed by atoms with Crippen LogP contribution < -0.4 is 10.1 Å². The Labute approximate surface area is 131 Å². The number of nitrogens with one attached hydrogen (secondary N) is 1. The summed E-state index contributed by atoms with van der Waals surface area (Å²) >= 11 is 0. The number of hydrogen-bond acceptors (Lipinski definition) is 3. The number of carboxylic acids is 1. The van der Waals surface area contributed by atoms with Crippen molar-refractivity contribution in [1.82, 2.24) is 5.32 Å². The summed E-state index contributed by atoms with van der Waals surface area (Å²) in [5.41, 5.74) is 0.852. The minimum Gasteiger partial charge on any atom is -0.488 e. The molecule has 1 aliphatic heterocycles. The maximum Gasteiger partial charge on any atom is 0.335 e. The fraction of sp³-hybridized carbons (Fsp3) is 0.235. The van der Waals surface area contributed by atoms with Crippen molar-refractivity contribution >= 4 is 5.97 Å². The third kappa shape index (κ3) is 3.32. The van der Waals surface area contributed by atoms with E-state index in [0.29, 0.717) is 23.4 Å². The van der Waals surface area contributed by atoms with Crippen molar-refractivity contribution in [1.29, 1.82) is 0 Å². The summed E-state index contributed by atoms with van der Waals surface area (Å²) in [5, 5.41) is 12.3. The topological polar surface area (TPSA) is 58.6 Å². The highest BCUT2D eigenvalue weighted by Gasteiger charge is 2.19. The van der Waals surface area contributed by atoms with Gasteiger partial charge in [0.05, 0.1) is 5.56 Å². The van der Waals surface area contributed by atoms with Crippen molar-refractivity contribution in [2.24, 2.45) is 0 Å². The molecule has 1 heterocycles. The molecule has 1 fully saturated rings. The molecular weight excluding hydrogens is 304 g/mol. The van der Waals surface area contributed by atoms with E-state index in [4.69, 9.17) is 9.84 Å². The van der Waals surface area contributed by atoms with Gasteiger partial charge in [-0.05, 0) is 48.9 Å². The van der Waals surface area contributed by atoms with Crippen LogP contribution in [-0.4, -0.2) is 30.3 Å². The second kappa shape index (κ2) is 6.34. The molecule has 1 atom stereocenters.